The largest absolute Gasteiger partial charge is 0.497 e. The Morgan fingerprint density at radius 1 is 1.26 bits per heavy atom. The number of hydrogen-bond acceptors (Lipinski definition) is 3. The average Bonchev–Trinajstić information content (AvgIpc) is 2.27. The van der Waals surface area contributed by atoms with Gasteiger partial charge in [0.05, 0.1) is 11.7 Å². The van der Waals surface area contributed by atoms with Crippen LogP contribution in [0.15, 0.2) is 24.3 Å². The quantitative estimate of drug-likeness (QED) is 0.925. The predicted molar refractivity (Wildman–Crippen MR) is 61.2 cm³/mol. The lowest BCUT2D eigenvalue weighted by Crippen LogP contribution is -2.24. The van der Waals surface area contributed by atoms with Gasteiger partial charge in [-0.15, -0.1) is 0 Å². The number of rotatable bonds is 4. The van der Waals surface area contributed by atoms with Gasteiger partial charge >= 0.3 is 11.5 Å². The molecule has 0 aliphatic carbocycles. The van der Waals surface area contributed by atoms with Crippen LogP contribution in [0, 0.1) is 0 Å². The number of hydrogen-bond donors (Lipinski definition) is 1. The number of sulfone groups is 1. The molecule has 0 aromatic heterocycles. The van der Waals surface area contributed by atoms with Crippen LogP contribution >= 0.6 is 0 Å². The van der Waals surface area contributed by atoms with Crippen LogP contribution in [0.1, 0.15) is 24.0 Å². The third kappa shape index (κ3) is 3.69. The fourth-order valence-electron chi connectivity index (χ4n) is 1.35. The average molecular weight is 296 g/mol. The summed E-state index contributed by atoms with van der Waals surface area (Å²) < 4.78 is 58.4. The first-order valence-electron chi connectivity index (χ1n) is 5.15. The van der Waals surface area contributed by atoms with Crippen molar-refractivity contribution >= 4 is 15.8 Å². The third-order valence-electron chi connectivity index (χ3n) is 2.56. The molecule has 0 fully saturated rings. The van der Waals surface area contributed by atoms with Crippen molar-refractivity contribution in [3.05, 3.63) is 35.4 Å². The second kappa shape index (κ2) is 5.20. The molecule has 0 spiro atoms. The van der Waals surface area contributed by atoms with Gasteiger partial charge in [-0.05, 0) is 18.1 Å². The Balaban J connectivity index is 2.93. The Bertz CT molecular complexity index is 561. The first-order chi connectivity index (χ1) is 8.54. The second-order valence-corrected chi connectivity index (χ2v) is 5.99. The molecule has 0 bridgehead atoms. The van der Waals surface area contributed by atoms with Gasteiger partial charge in [0, 0.05) is 0 Å². The number of benzene rings is 1. The molecular weight excluding hydrogens is 285 g/mol. The van der Waals surface area contributed by atoms with Gasteiger partial charge < -0.3 is 5.11 Å². The van der Waals surface area contributed by atoms with Crippen molar-refractivity contribution in [2.24, 2.45) is 0 Å². The van der Waals surface area contributed by atoms with Crippen molar-refractivity contribution in [3.63, 3.8) is 0 Å². The van der Waals surface area contributed by atoms with Crippen LogP contribution in [0.3, 0.4) is 0 Å². The molecule has 1 aromatic rings. The van der Waals surface area contributed by atoms with Gasteiger partial charge in [-0.2, -0.15) is 13.2 Å². The zero-order chi connectivity index (χ0) is 14.8. The summed E-state index contributed by atoms with van der Waals surface area (Å²) in [6, 6.07) is 4.97. The highest BCUT2D eigenvalue weighted by atomic mass is 32.2. The fourth-order valence-corrected chi connectivity index (χ4v) is 2.14. The van der Waals surface area contributed by atoms with E-state index in [4.69, 9.17) is 5.11 Å². The molecule has 1 unspecified atom stereocenters. The maximum absolute atomic E-state index is 12.2. The van der Waals surface area contributed by atoms with Crippen molar-refractivity contribution in [2.45, 2.75) is 24.1 Å². The van der Waals surface area contributed by atoms with Crippen LogP contribution < -0.4 is 0 Å². The molecule has 0 amide bonds. The maximum atomic E-state index is 12.2. The summed E-state index contributed by atoms with van der Waals surface area (Å²) in [6.07, 6.45) is 0. The van der Waals surface area contributed by atoms with E-state index < -0.39 is 33.0 Å². The fraction of sp³-hybridized carbons (Fsp3) is 0.364. The van der Waals surface area contributed by atoms with Crippen molar-refractivity contribution < 1.29 is 31.5 Å². The van der Waals surface area contributed by atoms with Gasteiger partial charge in [-0.25, -0.2) is 8.42 Å². The SMILES string of the molecule is CC(C(=O)O)c1ccc(CS(=O)(=O)C(F)(F)F)cc1. The lowest BCUT2D eigenvalue weighted by Gasteiger charge is -2.10. The van der Waals surface area contributed by atoms with Crippen LogP contribution in [0.25, 0.3) is 0 Å². The Labute approximate surface area is 107 Å². The lowest BCUT2D eigenvalue weighted by atomic mass is 10.0. The number of aliphatic carboxylic acids is 1. The van der Waals surface area contributed by atoms with Crippen molar-refractivity contribution in [2.75, 3.05) is 0 Å². The summed E-state index contributed by atoms with van der Waals surface area (Å²) in [6.45, 7) is 1.42. The molecule has 0 heterocycles. The van der Waals surface area contributed by atoms with E-state index in [0.717, 1.165) is 0 Å². The zero-order valence-corrected chi connectivity index (χ0v) is 10.6. The van der Waals surface area contributed by atoms with E-state index in [1.54, 1.807) is 0 Å². The molecule has 106 valence electrons. The van der Waals surface area contributed by atoms with E-state index in [2.05, 4.69) is 0 Å². The molecule has 0 aliphatic rings. The summed E-state index contributed by atoms with van der Waals surface area (Å²) in [7, 11) is -5.22. The maximum Gasteiger partial charge on any atom is 0.497 e. The van der Waals surface area contributed by atoms with Gasteiger partial charge in [0.1, 0.15) is 0 Å². The summed E-state index contributed by atoms with van der Waals surface area (Å²) in [5.41, 5.74) is -4.95. The number of alkyl halides is 3. The van der Waals surface area contributed by atoms with E-state index >= 15 is 0 Å². The summed E-state index contributed by atoms with van der Waals surface area (Å²) in [5.74, 6) is -3.04. The van der Waals surface area contributed by atoms with E-state index in [1.165, 1.54) is 31.2 Å². The van der Waals surface area contributed by atoms with Gasteiger partial charge in [-0.1, -0.05) is 24.3 Å². The van der Waals surface area contributed by atoms with E-state index in [0.29, 0.717) is 5.56 Å². The van der Waals surface area contributed by atoms with E-state index in [-0.39, 0.29) is 5.56 Å². The molecule has 0 saturated heterocycles. The molecule has 0 saturated carbocycles. The number of halogens is 3. The number of carboxylic acids is 1. The van der Waals surface area contributed by atoms with Crippen LogP contribution in [0.2, 0.25) is 0 Å². The third-order valence-corrected chi connectivity index (χ3v) is 3.98. The molecule has 8 heteroatoms. The summed E-state index contributed by atoms with van der Waals surface area (Å²) in [5, 5.41) is 8.75. The van der Waals surface area contributed by atoms with E-state index in [9.17, 15) is 26.4 Å². The molecule has 1 N–H and O–H groups in total. The highest BCUT2D eigenvalue weighted by Gasteiger charge is 2.45. The van der Waals surface area contributed by atoms with Crippen molar-refractivity contribution in [1.29, 1.82) is 0 Å². The molecular formula is C11H11F3O4S. The molecule has 19 heavy (non-hydrogen) atoms. The first-order valence-corrected chi connectivity index (χ1v) is 6.80. The summed E-state index contributed by atoms with van der Waals surface area (Å²) >= 11 is 0. The Morgan fingerprint density at radius 3 is 2.11 bits per heavy atom. The smallest absolute Gasteiger partial charge is 0.481 e. The van der Waals surface area contributed by atoms with Crippen LogP contribution in [-0.4, -0.2) is 25.0 Å². The molecule has 1 rings (SSSR count). The van der Waals surface area contributed by atoms with Crippen molar-refractivity contribution in [3.8, 4) is 0 Å². The van der Waals surface area contributed by atoms with Crippen LogP contribution in [0.5, 0.6) is 0 Å². The van der Waals surface area contributed by atoms with Gasteiger partial charge in [-0.3, -0.25) is 4.79 Å². The minimum Gasteiger partial charge on any atom is -0.481 e. The molecule has 1 aromatic carbocycles. The standard InChI is InChI=1S/C11H11F3O4S/c1-7(10(15)16)9-4-2-8(3-5-9)6-19(17,18)11(12,13)14/h2-5,7H,6H2,1H3,(H,15,16). The normalized spacial score (nSPS) is 14.1. The van der Waals surface area contributed by atoms with E-state index in [1.807, 2.05) is 0 Å². The molecule has 0 aliphatic heterocycles. The molecule has 4 nitrogen and oxygen atoms in total. The highest BCUT2D eigenvalue weighted by Crippen LogP contribution is 2.27. The lowest BCUT2D eigenvalue weighted by molar-refractivity contribution is -0.138. The van der Waals surface area contributed by atoms with Crippen molar-refractivity contribution in [1.82, 2.24) is 0 Å². The first kappa shape index (κ1) is 15.5. The summed E-state index contributed by atoms with van der Waals surface area (Å²) in [4.78, 5) is 10.7. The van der Waals surface area contributed by atoms with Gasteiger partial charge in [0.2, 0.25) is 0 Å². The molecule has 0 radical (unpaired) electrons. The Kier molecular flexibility index (Phi) is 4.24. The number of carbonyl (C=O) groups is 1. The van der Waals surface area contributed by atoms with Gasteiger partial charge in [0.15, 0.2) is 0 Å². The van der Waals surface area contributed by atoms with Crippen LogP contribution in [-0.2, 0) is 20.4 Å². The minimum atomic E-state index is -5.29. The Hall–Kier alpha value is -1.57. The number of carboxylic acid groups (broad SMARTS) is 1. The second-order valence-electron chi connectivity index (χ2n) is 4.01. The topological polar surface area (TPSA) is 71.4 Å². The Morgan fingerprint density at radius 2 is 1.74 bits per heavy atom. The van der Waals surface area contributed by atoms with Crippen LogP contribution in [0.4, 0.5) is 13.2 Å². The highest BCUT2D eigenvalue weighted by molar-refractivity contribution is 7.91. The molecule has 1 atom stereocenters. The monoisotopic (exact) mass is 296 g/mol. The minimum absolute atomic E-state index is 0.0429. The van der Waals surface area contributed by atoms with Gasteiger partial charge in [0.25, 0.3) is 9.84 Å². The zero-order valence-electron chi connectivity index (χ0n) is 9.81. The predicted octanol–water partition coefficient (Wildman–Crippen LogP) is 2.31.